The lowest BCUT2D eigenvalue weighted by molar-refractivity contribution is -0.359. The number of hydrogen-bond donors (Lipinski definition) is 9. The fourth-order valence-electron chi connectivity index (χ4n) is 8.57. The molecule has 2 saturated heterocycles. The van der Waals surface area contributed by atoms with E-state index in [1.54, 1.807) is 6.08 Å². The number of ether oxygens (including phenoxy) is 4. The molecule has 2 fully saturated rings. The fraction of sp³-hybridized carbons (Fsp3) is 0.597. The quantitative estimate of drug-likeness (QED) is 0.0205. The van der Waals surface area contributed by atoms with Gasteiger partial charge in [-0.3, -0.25) is 4.79 Å². The highest BCUT2D eigenvalue weighted by molar-refractivity contribution is 5.76. The first kappa shape index (κ1) is 72.7. The molecule has 0 saturated carbocycles. The topological polar surface area (TPSA) is 228 Å². The molecule has 0 aromatic rings. The van der Waals surface area contributed by atoms with Crippen LogP contribution in [0.4, 0.5) is 0 Å². The van der Waals surface area contributed by atoms with Crippen molar-refractivity contribution < 1.29 is 64.6 Å². The van der Waals surface area contributed by atoms with Crippen molar-refractivity contribution in [1.82, 2.24) is 5.32 Å². The standard InChI is InChI=1S/C67H105NO13/c1-3-5-7-9-11-13-15-17-18-19-20-21-22-23-24-25-26-27-28-29-30-31-32-33-34-35-36-37-38-39-41-43-45-47-49-51-59(72)68-55(56(71)50-48-46-44-42-40-16-14-12-10-8-6-4-2)54-78-66-64(77)62(75)65(58(53-70)80-66)81-67-63(76)61(74)60(73)57(52-69)79-67/h5,7,10-13,17-18,20-21,23-24,26-27,29-30,32-33,35-36,38-40,42,48,50,55-58,60-67,69-71,73-77H,3-4,6,8-9,14-16,19,22,25,28,31,34,37,41,43-47,49,51-54H2,1-2H3,(H,68,72)/b7-5-,12-10+,13-11-,18-17-,21-20-,24-23-,27-26-,30-29-,33-32-,36-35-,39-38-,42-40+,50-48+. The van der Waals surface area contributed by atoms with Gasteiger partial charge in [0.15, 0.2) is 12.6 Å². The van der Waals surface area contributed by atoms with Crippen molar-refractivity contribution in [2.24, 2.45) is 0 Å². The van der Waals surface area contributed by atoms with E-state index in [9.17, 15) is 45.6 Å². The zero-order chi connectivity index (χ0) is 58.8. The second-order valence-electron chi connectivity index (χ2n) is 20.4. The Morgan fingerprint density at radius 1 is 0.457 bits per heavy atom. The number of hydrogen-bond acceptors (Lipinski definition) is 13. The van der Waals surface area contributed by atoms with E-state index >= 15 is 0 Å². The highest BCUT2D eigenvalue weighted by Crippen LogP contribution is 2.30. The maximum Gasteiger partial charge on any atom is 0.220 e. The van der Waals surface area contributed by atoms with Crippen LogP contribution in [0.25, 0.3) is 0 Å². The van der Waals surface area contributed by atoms with Gasteiger partial charge in [0.25, 0.3) is 0 Å². The van der Waals surface area contributed by atoms with Gasteiger partial charge in [-0.25, -0.2) is 0 Å². The van der Waals surface area contributed by atoms with Gasteiger partial charge in [-0.15, -0.1) is 0 Å². The third kappa shape index (κ3) is 35.4. The van der Waals surface area contributed by atoms with E-state index in [1.165, 1.54) is 12.8 Å². The largest absolute Gasteiger partial charge is 0.394 e. The number of aliphatic hydroxyl groups is 8. The minimum atomic E-state index is -1.80. The molecule has 2 aliphatic heterocycles. The Labute approximate surface area is 486 Å². The maximum absolute atomic E-state index is 13.2. The van der Waals surface area contributed by atoms with E-state index in [0.29, 0.717) is 12.8 Å². The van der Waals surface area contributed by atoms with Crippen LogP contribution in [0.5, 0.6) is 0 Å². The molecule has 0 radical (unpaired) electrons. The number of allylic oxidation sites excluding steroid dienone is 25. The lowest BCUT2D eigenvalue weighted by atomic mass is 9.97. The summed E-state index contributed by atoms with van der Waals surface area (Å²) in [6, 6.07) is -0.963. The van der Waals surface area contributed by atoms with Crippen LogP contribution in [-0.2, 0) is 23.7 Å². The number of amides is 1. The monoisotopic (exact) mass is 1130 g/mol. The average molecular weight is 1130 g/mol. The van der Waals surface area contributed by atoms with Crippen LogP contribution in [0, 0.1) is 0 Å². The van der Waals surface area contributed by atoms with E-state index in [2.05, 4.69) is 165 Å². The van der Waals surface area contributed by atoms with Crippen LogP contribution < -0.4 is 5.32 Å². The van der Waals surface area contributed by atoms with Gasteiger partial charge < -0.3 is 65.1 Å². The van der Waals surface area contributed by atoms with Crippen molar-refractivity contribution in [2.45, 2.75) is 235 Å². The van der Waals surface area contributed by atoms with Gasteiger partial charge >= 0.3 is 0 Å². The molecule has 14 nitrogen and oxygen atoms in total. The van der Waals surface area contributed by atoms with Crippen LogP contribution in [0.1, 0.15) is 162 Å². The Kier molecular flexibility index (Phi) is 45.0. The average Bonchev–Trinajstić information content (AvgIpc) is 3.46. The second kappa shape index (κ2) is 50.2. The predicted molar refractivity (Wildman–Crippen MR) is 327 cm³/mol. The molecule has 0 aromatic carbocycles. The molecule has 0 bridgehead atoms. The smallest absolute Gasteiger partial charge is 0.220 e. The van der Waals surface area contributed by atoms with Crippen LogP contribution in [-0.4, -0.2) is 140 Å². The molecule has 456 valence electrons. The molecule has 0 spiro atoms. The SMILES string of the molecule is CC/C=C\C/C=C\C/C=C\C/C=C\C/C=C\C/C=C\C/C=C\C/C=C\C/C=C\C/C=C\CCCCCCC(=O)NC(COC1OC(CO)C(OC2OC(CO)C(O)C(O)C2O)C(O)C1O)C(O)/C=C/CC/C=C/CC/C=C/CCCC. The van der Waals surface area contributed by atoms with E-state index in [1.807, 2.05) is 6.08 Å². The van der Waals surface area contributed by atoms with Crippen molar-refractivity contribution in [2.75, 3.05) is 19.8 Å². The maximum atomic E-state index is 13.2. The number of aliphatic hydroxyl groups excluding tert-OH is 8. The zero-order valence-electron chi connectivity index (χ0n) is 48.9. The summed E-state index contributed by atoms with van der Waals surface area (Å²) >= 11 is 0. The highest BCUT2D eigenvalue weighted by Gasteiger charge is 2.51. The molecule has 12 atom stereocenters. The number of nitrogens with one attached hydrogen (secondary N) is 1. The second-order valence-corrected chi connectivity index (χ2v) is 20.4. The molecule has 9 N–H and O–H groups in total. The van der Waals surface area contributed by atoms with Gasteiger partial charge in [0.2, 0.25) is 5.91 Å². The molecule has 81 heavy (non-hydrogen) atoms. The Hall–Kier alpha value is -4.39. The van der Waals surface area contributed by atoms with Crippen molar-refractivity contribution in [3.63, 3.8) is 0 Å². The van der Waals surface area contributed by atoms with Gasteiger partial charge in [-0.1, -0.05) is 198 Å². The van der Waals surface area contributed by atoms with Gasteiger partial charge in [-0.2, -0.15) is 0 Å². The molecule has 14 heteroatoms. The molecule has 2 rings (SSSR count). The molecule has 1 amide bonds. The van der Waals surface area contributed by atoms with Gasteiger partial charge in [-0.05, 0) is 116 Å². The summed E-state index contributed by atoms with van der Waals surface area (Å²) in [6.45, 7) is 2.54. The summed E-state index contributed by atoms with van der Waals surface area (Å²) in [5.74, 6) is -0.288. The number of rotatable bonds is 45. The molecule has 2 heterocycles. The van der Waals surface area contributed by atoms with Crippen LogP contribution >= 0.6 is 0 Å². The first-order chi connectivity index (χ1) is 39.6. The molecular weight excluding hydrogens is 1030 g/mol. The highest BCUT2D eigenvalue weighted by atomic mass is 16.7. The van der Waals surface area contributed by atoms with E-state index in [4.69, 9.17) is 18.9 Å². The fourth-order valence-corrected chi connectivity index (χ4v) is 8.57. The lowest BCUT2D eigenvalue weighted by Gasteiger charge is -2.46. The summed E-state index contributed by atoms with van der Waals surface area (Å²) in [5, 5.41) is 86.9. The van der Waals surface area contributed by atoms with E-state index < -0.39 is 86.8 Å². The Morgan fingerprint density at radius 2 is 0.864 bits per heavy atom. The predicted octanol–water partition coefficient (Wildman–Crippen LogP) is 10.7. The van der Waals surface area contributed by atoms with E-state index in [0.717, 1.165) is 116 Å². The third-order valence-electron chi connectivity index (χ3n) is 13.4. The third-order valence-corrected chi connectivity index (χ3v) is 13.4. The number of unbranched alkanes of at least 4 members (excludes halogenated alkanes) is 8. The number of carbonyl (C=O) groups excluding carboxylic acids is 1. The van der Waals surface area contributed by atoms with Gasteiger partial charge in [0.05, 0.1) is 32.0 Å². The minimum Gasteiger partial charge on any atom is -0.394 e. The first-order valence-corrected chi connectivity index (χ1v) is 30.2. The summed E-state index contributed by atoms with van der Waals surface area (Å²) in [5.41, 5.74) is 0. The lowest BCUT2D eigenvalue weighted by Crippen LogP contribution is -2.65. The Balaban J connectivity index is 1.71. The molecular formula is C67H105NO13. The van der Waals surface area contributed by atoms with Crippen molar-refractivity contribution in [3.05, 3.63) is 158 Å². The Morgan fingerprint density at radius 3 is 1.35 bits per heavy atom. The van der Waals surface area contributed by atoms with Gasteiger partial charge in [0.1, 0.15) is 48.8 Å². The van der Waals surface area contributed by atoms with Crippen molar-refractivity contribution >= 4 is 5.91 Å². The van der Waals surface area contributed by atoms with Crippen molar-refractivity contribution in [1.29, 1.82) is 0 Å². The molecule has 0 aromatic heterocycles. The summed E-state index contributed by atoms with van der Waals surface area (Å²) in [6.07, 6.45) is 60.1. The molecule has 2 aliphatic rings. The summed E-state index contributed by atoms with van der Waals surface area (Å²) < 4.78 is 22.7. The van der Waals surface area contributed by atoms with Crippen LogP contribution in [0.15, 0.2) is 158 Å². The van der Waals surface area contributed by atoms with Crippen molar-refractivity contribution in [3.8, 4) is 0 Å². The summed E-state index contributed by atoms with van der Waals surface area (Å²) in [4.78, 5) is 13.2. The molecule has 12 unspecified atom stereocenters. The van der Waals surface area contributed by atoms with E-state index in [-0.39, 0.29) is 18.9 Å². The first-order valence-electron chi connectivity index (χ1n) is 30.2. The molecule has 0 aliphatic carbocycles. The van der Waals surface area contributed by atoms with Crippen LogP contribution in [0.2, 0.25) is 0 Å². The van der Waals surface area contributed by atoms with Crippen LogP contribution in [0.3, 0.4) is 0 Å². The zero-order valence-corrected chi connectivity index (χ0v) is 48.9. The normalized spacial score (nSPS) is 25.3. The minimum absolute atomic E-state index is 0.228. The summed E-state index contributed by atoms with van der Waals surface area (Å²) in [7, 11) is 0. The number of carbonyl (C=O) groups is 1. The van der Waals surface area contributed by atoms with Gasteiger partial charge in [0, 0.05) is 6.42 Å². The Bertz CT molecular complexity index is 1960.